The number of carbonyl (C=O) groups is 1. The minimum absolute atomic E-state index is 0.0138. The molecule has 8 atom stereocenters. The van der Waals surface area contributed by atoms with Crippen molar-refractivity contribution in [3.63, 3.8) is 0 Å². The van der Waals surface area contributed by atoms with Crippen LogP contribution in [-0.4, -0.2) is 64.4 Å². The molecule has 2 heterocycles. The summed E-state index contributed by atoms with van der Waals surface area (Å²) < 4.78 is 0. The molecule has 6 rings (SSSR count). The van der Waals surface area contributed by atoms with Gasteiger partial charge in [0, 0.05) is 47.1 Å². The smallest absolute Gasteiger partial charge is 0.309 e. The highest BCUT2D eigenvalue weighted by molar-refractivity contribution is 5.71. The predicted octanol–water partition coefficient (Wildman–Crippen LogP) is 10.3. The molecule has 0 saturated heterocycles. The molecule has 10 heteroatoms. The maximum absolute atomic E-state index is 12.5. The van der Waals surface area contributed by atoms with Gasteiger partial charge in [-0.1, -0.05) is 95.7 Å². The van der Waals surface area contributed by atoms with Crippen LogP contribution in [0.4, 0.5) is 5.82 Å². The van der Waals surface area contributed by atoms with Gasteiger partial charge < -0.3 is 41.4 Å². The second-order valence-corrected chi connectivity index (χ2v) is 19.4. The van der Waals surface area contributed by atoms with Crippen LogP contribution in [0.3, 0.4) is 0 Å². The summed E-state index contributed by atoms with van der Waals surface area (Å²) in [6, 6.07) is 19.1. The summed E-state index contributed by atoms with van der Waals surface area (Å²) in [4.78, 5) is 20.2. The molecule has 1 fully saturated rings. The number of pyridine rings is 1. The number of aromatic hydroxyl groups is 2. The number of anilines is 1. The fourth-order valence-electron chi connectivity index (χ4n) is 10.5. The molecule has 0 unspecified atom stereocenters. The molecule has 1 saturated carbocycles. The van der Waals surface area contributed by atoms with Gasteiger partial charge in [-0.25, -0.2) is 4.98 Å². The number of aliphatic hydroxyl groups is 3. The minimum Gasteiger partial charge on any atom is -0.508 e. The number of nitrogens with two attached hydrogens (primary N) is 1. The summed E-state index contributed by atoms with van der Waals surface area (Å²) in [7, 11) is 0. The summed E-state index contributed by atoms with van der Waals surface area (Å²) in [5.74, 6) is -0.586. The molecule has 2 aromatic carbocycles. The fourth-order valence-corrected chi connectivity index (χ4v) is 10.5. The molecule has 4 aromatic rings. The van der Waals surface area contributed by atoms with Gasteiger partial charge in [0.1, 0.15) is 17.3 Å². The van der Waals surface area contributed by atoms with Gasteiger partial charge in [-0.3, -0.25) is 4.79 Å². The number of hydrogen-bond donors (Lipinski definition) is 8. The number of phenolic OH excluding ortho intramolecular Hbond substituents is 2. The van der Waals surface area contributed by atoms with Crippen molar-refractivity contribution in [2.75, 3.05) is 5.73 Å². The van der Waals surface area contributed by atoms with E-state index in [2.05, 4.69) is 67.2 Å². The second kappa shape index (κ2) is 22.3. The summed E-state index contributed by atoms with van der Waals surface area (Å²) in [6.07, 6.45) is 17.3. The Morgan fingerprint density at radius 1 is 0.905 bits per heavy atom. The van der Waals surface area contributed by atoms with Gasteiger partial charge in [-0.15, -0.1) is 0 Å². The minimum atomic E-state index is -1.15. The van der Waals surface area contributed by atoms with Crippen LogP contribution in [0.15, 0.2) is 79.0 Å². The van der Waals surface area contributed by atoms with Gasteiger partial charge in [-0.2, -0.15) is 0 Å². The lowest BCUT2D eigenvalue weighted by Gasteiger charge is -2.32. The summed E-state index contributed by atoms with van der Waals surface area (Å²) >= 11 is 0. The maximum atomic E-state index is 12.5. The van der Waals surface area contributed by atoms with E-state index in [4.69, 9.17) is 5.73 Å². The number of aromatic nitrogens is 2. The molecular formula is C53H73N3O7. The number of aromatic amines is 1. The zero-order chi connectivity index (χ0) is 45.1. The number of aliphatic hydroxyl groups excluding tert-OH is 2. The molecule has 63 heavy (non-hydrogen) atoms. The predicted molar refractivity (Wildman–Crippen MR) is 250 cm³/mol. The molecule has 2 aliphatic rings. The molecular weight excluding hydrogens is 791 g/mol. The summed E-state index contributed by atoms with van der Waals surface area (Å²) in [6.45, 7) is 6.51. The van der Waals surface area contributed by atoms with E-state index < -0.39 is 23.6 Å². The number of allylic oxidation sites excluding steroid dienone is 1. The first-order valence-electron chi connectivity index (χ1n) is 23.7. The van der Waals surface area contributed by atoms with E-state index in [9.17, 15) is 35.4 Å². The number of carboxylic acids is 1. The third-order valence-corrected chi connectivity index (χ3v) is 14.2. The average molecular weight is 864 g/mol. The average Bonchev–Trinajstić information content (AvgIpc) is 3.83. The Balaban J connectivity index is 1.10. The zero-order valence-corrected chi connectivity index (χ0v) is 37.8. The molecule has 342 valence electrons. The SMILES string of the molecule is CCCCC[C@@H]1C=C[C@@H](CCCCC[C@H](C(=O)O)[C@H](O)CC[C@]2(O)C[C@H](Cc3ccnc(N)c3)C[C@H]2Cc2ccc(-c3cc(O)cc(O)c3Cc3ccc(C(C)C)cc3)[nH]2)[C@H](O)C1. The van der Waals surface area contributed by atoms with E-state index in [-0.39, 0.29) is 48.2 Å². The number of H-pyrrole nitrogens is 1. The molecule has 9 N–H and O–H groups in total. The van der Waals surface area contributed by atoms with Crippen LogP contribution in [-0.2, 0) is 24.1 Å². The van der Waals surface area contributed by atoms with Gasteiger partial charge in [0.05, 0.1) is 23.7 Å². The topological polar surface area (TPSA) is 193 Å². The Morgan fingerprint density at radius 2 is 1.68 bits per heavy atom. The van der Waals surface area contributed by atoms with Crippen molar-refractivity contribution in [2.45, 2.75) is 154 Å². The maximum Gasteiger partial charge on any atom is 0.309 e. The number of nitrogens with zero attached hydrogens (tertiary/aromatic N) is 1. The first-order valence-corrected chi connectivity index (χ1v) is 23.7. The van der Waals surface area contributed by atoms with E-state index >= 15 is 0 Å². The zero-order valence-electron chi connectivity index (χ0n) is 37.8. The number of rotatable bonds is 23. The van der Waals surface area contributed by atoms with E-state index in [1.165, 1.54) is 30.9 Å². The van der Waals surface area contributed by atoms with Crippen LogP contribution in [0.1, 0.15) is 145 Å². The Kier molecular flexibility index (Phi) is 16.9. The third kappa shape index (κ3) is 13.2. The van der Waals surface area contributed by atoms with E-state index in [1.54, 1.807) is 12.3 Å². The van der Waals surface area contributed by atoms with Crippen LogP contribution in [0.2, 0.25) is 0 Å². The van der Waals surface area contributed by atoms with Crippen molar-refractivity contribution in [1.29, 1.82) is 0 Å². The van der Waals surface area contributed by atoms with Crippen molar-refractivity contribution < 1.29 is 35.4 Å². The number of nitrogen functional groups attached to an aromatic ring is 1. The molecule has 0 amide bonds. The van der Waals surface area contributed by atoms with Crippen LogP contribution < -0.4 is 5.73 Å². The normalized spacial score (nSPS) is 23.3. The number of benzene rings is 2. The van der Waals surface area contributed by atoms with Crippen molar-refractivity contribution in [3.8, 4) is 22.8 Å². The van der Waals surface area contributed by atoms with E-state index in [0.717, 1.165) is 61.0 Å². The lowest BCUT2D eigenvalue weighted by molar-refractivity contribution is -0.146. The van der Waals surface area contributed by atoms with Crippen LogP contribution in [0, 0.1) is 29.6 Å². The number of aliphatic carboxylic acids is 1. The molecule has 0 bridgehead atoms. The molecule has 0 radical (unpaired) electrons. The monoisotopic (exact) mass is 864 g/mol. The van der Waals surface area contributed by atoms with Crippen molar-refractivity contribution in [1.82, 2.24) is 9.97 Å². The fraction of sp³-hybridized carbons (Fsp3) is 0.547. The number of carboxylic acid groups (broad SMARTS) is 1. The standard InChI is InChI=1S/C53H73N3O7/c1-4-5-7-10-35-15-18-40(49(59)28-35)11-8-6-9-12-44(52(61)62)48(58)21-23-53(63)33-38(25-37-22-24-55-51(54)29-37)26-41(53)30-42-19-20-47(56-42)45-31-43(57)32-50(60)46(45)27-36-13-16-39(17-14-36)34(2)3/h13-20,22,24,29,31-32,34-35,38,40-41,44,48-49,56-60,63H,4-12,21,23,25-28,30,33H2,1-3H3,(H2,54,55)(H,61,62)/t35-,38-,40-,41+,44+,48-,49-,53+/m1/s1. The number of nitrogens with one attached hydrogen (secondary N) is 1. The van der Waals surface area contributed by atoms with Gasteiger partial charge in [0.2, 0.25) is 0 Å². The van der Waals surface area contributed by atoms with Gasteiger partial charge in [0.25, 0.3) is 0 Å². The molecule has 0 aliphatic heterocycles. The summed E-state index contributed by atoms with van der Waals surface area (Å²) in [5.41, 5.74) is 11.2. The Labute approximate surface area is 374 Å². The van der Waals surface area contributed by atoms with Gasteiger partial charge in [0.15, 0.2) is 0 Å². The Hall–Kier alpha value is -4.64. The summed E-state index contributed by atoms with van der Waals surface area (Å²) in [5, 5.41) is 66.5. The van der Waals surface area contributed by atoms with Crippen molar-refractivity contribution in [2.24, 2.45) is 29.6 Å². The van der Waals surface area contributed by atoms with Gasteiger partial charge >= 0.3 is 5.97 Å². The second-order valence-electron chi connectivity index (χ2n) is 19.4. The van der Waals surface area contributed by atoms with Gasteiger partial charge in [-0.05, 0) is 135 Å². The van der Waals surface area contributed by atoms with Crippen molar-refractivity contribution in [3.05, 3.63) is 107 Å². The Morgan fingerprint density at radius 3 is 2.40 bits per heavy atom. The van der Waals surface area contributed by atoms with E-state index in [1.807, 2.05) is 24.3 Å². The number of hydrogen-bond acceptors (Lipinski definition) is 8. The lowest BCUT2D eigenvalue weighted by Crippen LogP contribution is -2.37. The lowest BCUT2D eigenvalue weighted by atomic mass is 9.80. The highest BCUT2D eigenvalue weighted by Gasteiger charge is 2.46. The first-order chi connectivity index (χ1) is 30.2. The quantitative estimate of drug-likeness (QED) is 0.0265. The molecule has 0 spiro atoms. The third-order valence-electron chi connectivity index (χ3n) is 14.2. The molecule has 2 aromatic heterocycles. The molecule has 10 nitrogen and oxygen atoms in total. The van der Waals surface area contributed by atoms with Crippen molar-refractivity contribution >= 4 is 11.8 Å². The van der Waals surface area contributed by atoms with E-state index in [0.29, 0.717) is 67.3 Å². The van der Waals surface area contributed by atoms with Crippen LogP contribution in [0.25, 0.3) is 11.3 Å². The first kappa shape index (κ1) is 47.8. The Bertz CT molecular complexity index is 2100. The number of unbranched alkanes of at least 4 members (excludes halogenated alkanes) is 4. The highest BCUT2D eigenvalue weighted by Crippen LogP contribution is 2.46. The largest absolute Gasteiger partial charge is 0.508 e. The molecule has 2 aliphatic carbocycles. The highest BCUT2D eigenvalue weighted by atomic mass is 16.4. The van der Waals surface area contributed by atoms with Crippen LogP contribution in [0.5, 0.6) is 11.5 Å². The number of phenols is 2. The van der Waals surface area contributed by atoms with Crippen LogP contribution >= 0.6 is 0 Å².